The summed E-state index contributed by atoms with van der Waals surface area (Å²) >= 11 is 0. The molecule has 0 spiro atoms. The van der Waals surface area contributed by atoms with Gasteiger partial charge in [0.1, 0.15) is 11.9 Å². The molecule has 1 N–H and O–H groups in total. The summed E-state index contributed by atoms with van der Waals surface area (Å²) in [5.74, 6) is 1.04. The molecule has 0 saturated carbocycles. The Balaban J connectivity index is 1.53. The van der Waals surface area contributed by atoms with Crippen molar-refractivity contribution in [3.05, 3.63) is 65.7 Å². The van der Waals surface area contributed by atoms with Crippen LogP contribution in [0.3, 0.4) is 0 Å². The van der Waals surface area contributed by atoms with Crippen molar-refractivity contribution < 1.29 is 14.3 Å². The van der Waals surface area contributed by atoms with Gasteiger partial charge in [0.15, 0.2) is 0 Å². The van der Waals surface area contributed by atoms with Crippen LogP contribution < -0.4 is 10.1 Å². The van der Waals surface area contributed by atoms with Gasteiger partial charge in [-0.25, -0.2) is 0 Å². The average molecular weight is 365 g/mol. The lowest BCUT2D eigenvalue weighted by molar-refractivity contribution is -0.131. The quantitative estimate of drug-likeness (QED) is 0.863. The smallest absolute Gasteiger partial charge is 0.223 e. The molecule has 2 aromatic rings. The average Bonchev–Trinajstić information content (AvgIpc) is 2.74. The van der Waals surface area contributed by atoms with Gasteiger partial charge >= 0.3 is 0 Å². The van der Waals surface area contributed by atoms with Gasteiger partial charge in [-0.1, -0.05) is 55.5 Å². The summed E-state index contributed by atoms with van der Waals surface area (Å²) in [7, 11) is 0. The van der Waals surface area contributed by atoms with Crippen LogP contribution in [-0.2, 0) is 9.53 Å². The first-order valence-electron chi connectivity index (χ1n) is 9.97. The van der Waals surface area contributed by atoms with Gasteiger partial charge < -0.3 is 14.8 Å². The van der Waals surface area contributed by atoms with Crippen molar-refractivity contribution in [1.82, 2.24) is 5.32 Å². The summed E-state index contributed by atoms with van der Waals surface area (Å²) in [5.41, 5.74) is 2.21. The lowest BCUT2D eigenvalue weighted by Crippen LogP contribution is -2.40. The summed E-state index contributed by atoms with van der Waals surface area (Å²) < 4.78 is 12.0. The maximum absolute atomic E-state index is 13.0. The van der Waals surface area contributed by atoms with Crippen molar-refractivity contribution in [3.63, 3.8) is 0 Å². The fraction of sp³-hybridized carbons (Fsp3) is 0.435. The Hall–Kier alpha value is -2.33. The highest BCUT2D eigenvalue weighted by molar-refractivity contribution is 5.79. The normalized spacial score (nSPS) is 27.3. The van der Waals surface area contributed by atoms with E-state index in [1.54, 1.807) is 0 Å². The van der Waals surface area contributed by atoms with Crippen molar-refractivity contribution in [2.45, 2.75) is 50.9 Å². The molecule has 4 atom stereocenters. The molecule has 2 aromatic carbocycles. The van der Waals surface area contributed by atoms with E-state index in [4.69, 9.17) is 9.47 Å². The number of hydrogen-bond acceptors (Lipinski definition) is 3. The number of fused-ring (bicyclic) bond motifs is 1. The molecule has 142 valence electrons. The van der Waals surface area contributed by atoms with Crippen LogP contribution in [-0.4, -0.2) is 18.6 Å². The van der Waals surface area contributed by atoms with E-state index in [1.807, 2.05) is 36.4 Å². The van der Waals surface area contributed by atoms with Crippen LogP contribution in [0.2, 0.25) is 0 Å². The third kappa shape index (κ3) is 4.01. The molecule has 0 radical (unpaired) electrons. The Labute approximate surface area is 160 Å². The number of nitrogens with one attached hydrogen (secondary N) is 1. The Morgan fingerprint density at radius 1 is 1.07 bits per heavy atom. The van der Waals surface area contributed by atoms with Gasteiger partial charge in [0, 0.05) is 24.5 Å². The van der Waals surface area contributed by atoms with Gasteiger partial charge in [-0.3, -0.25) is 4.79 Å². The van der Waals surface area contributed by atoms with E-state index in [1.165, 1.54) is 0 Å². The minimum absolute atomic E-state index is 0.0319. The van der Waals surface area contributed by atoms with Crippen LogP contribution in [0.25, 0.3) is 0 Å². The van der Waals surface area contributed by atoms with Crippen molar-refractivity contribution >= 4 is 5.91 Å². The number of rotatable bonds is 4. The summed E-state index contributed by atoms with van der Waals surface area (Å²) in [6, 6.07) is 18.2. The van der Waals surface area contributed by atoms with Crippen LogP contribution in [0.4, 0.5) is 0 Å². The standard InChI is InChI=1S/C23H27NO3/c1-2-18-14-17(12-13-26-18)23(25)24-20-15-22(16-8-4-3-5-9-16)27-21-11-7-6-10-19(20)21/h3-11,17-18,20,22H,2,12-15H2,1H3,(H,24,25)/t17?,18?,20-,22+/m1/s1. The van der Waals surface area contributed by atoms with Gasteiger partial charge in [0.2, 0.25) is 5.91 Å². The topological polar surface area (TPSA) is 47.6 Å². The monoisotopic (exact) mass is 365 g/mol. The van der Waals surface area contributed by atoms with E-state index >= 15 is 0 Å². The SMILES string of the molecule is CCC1CC(C(=O)N[C@@H]2C[C@@H](c3ccccc3)Oc3ccccc32)CCO1. The Bertz CT molecular complexity index is 776. The van der Waals surface area contributed by atoms with Crippen LogP contribution in [0.15, 0.2) is 54.6 Å². The van der Waals surface area contributed by atoms with E-state index in [2.05, 4.69) is 30.4 Å². The van der Waals surface area contributed by atoms with Crippen molar-refractivity contribution in [2.75, 3.05) is 6.61 Å². The van der Waals surface area contributed by atoms with Crippen molar-refractivity contribution in [2.24, 2.45) is 5.92 Å². The number of carbonyl (C=O) groups is 1. The molecule has 1 saturated heterocycles. The highest BCUT2D eigenvalue weighted by Crippen LogP contribution is 2.41. The minimum Gasteiger partial charge on any atom is -0.485 e. The maximum atomic E-state index is 13.0. The molecule has 4 rings (SSSR count). The maximum Gasteiger partial charge on any atom is 0.223 e. The molecule has 0 bridgehead atoms. The van der Waals surface area contributed by atoms with Gasteiger partial charge in [-0.05, 0) is 30.9 Å². The molecule has 27 heavy (non-hydrogen) atoms. The predicted molar refractivity (Wildman–Crippen MR) is 105 cm³/mol. The Morgan fingerprint density at radius 3 is 2.67 bits per heavy atom. The van der Waals surface area contributed by atoms with Crippen LogP contribution in [0.1, 0.15) is 55.9 Å². The first-order chi connectivity index (χ1) is 13.2. The van der Waals surface area contributed by atoms with Crippen LogP contribution in [0, 0.1) is 5.92 Å². The Kier molecular flexibility index (Phi) is 5.44. The highest BCUT2D eigenvalue weighted by atomic mass is 16.5. The fourth-order valence-corrected chi connectivity index (χ4v) is 4.12. The molecule has 1 amide bonds. The number of carbonyl (C=O) groups excluding carboxylic acids is 1. The number of ether oxygens (including phenoxy) is 2. The fourth-order valence-electron chi connectivity index (χ4n) is 4.12. The summed E-state index contributed by atoms with van der Waals surface area (Å²) in [5, 5.41) is 3.31. The van der Waals surface area contributed by atoms with E-state index in [9.17, 15) is 4.79 Å². The van der Waals surface area contributed by atoms with Crippen LogP contribution in [0.5, 0.6) is 5.75 Å². The number of benzene rings is 2. The van der Waals surface area contributed by atoms with E-state index in [0.717, 1.165) is 42.6 Å². The lowest BCUT2D eigenvalue weighted by atomic mass is 9.90. The van der Waals surface area contributed by atoms with E-state index in [-0.39, 0.29) is 30.1 Å². The third-order valence-corrected chi connectivity index (χ3v) is 5.69. The zero-order valence-electron chi connectivity index (χ0n) is 15.8. The predicted octanol–water partition coefficient (Wildman–Crippen LogP) is 4.57. The molecular weight excluding hydrogens is 338 g/mol. The summed E-state index contributed by atoms with van der Waals surface area (Å²) in [6.07, 6.45) is 3.47. The van der Waals surface area contributed by atoms with Crippen molar-refractivity contribution in [3.8, 4) is 5.75 Å². The number of amides is 1. The van der Waals surface area contributed by atoms with Gasteiger partial charge in [0.25, 0.3) is 0 Å². The van der Waals surface area contributed by atoms with Gasteiger partial charge in [-0.2, -0.15) is 0 Å². The first-order valence-corrected chi connectivity index (χ1v) is 9.97. The van der Waals surface area contributed by atoms with Gasteiger partial charge in [0.05, 0.1) is 12.1 Å². The summed E-state index contributed by atoms with van der Waals surface area (Å²) in [4.78, 5) is 13.0. The van der Waals surface area contributed by atoms with Gasteiger partial charge in [-0.15, -0.1) is 0 Å². The third-order valence-electron chi connectivity index (χ3n) is 5.69. The second-order valence-corrected chi connectivity index (χ2v) is 7.47. The zero-order chi connectivity index (χ0) is 18.6. The molecule has 2 heterocycles. The second-order valence-electron chi connectivity index (χ2n) is 7.47. The molecule has 2 aliphatic heterocycles. The molecular formula is C23H27NO3. The lowest BCUT2D eigenvalue weighted by Gasteiger charge is -2.35. The largest absolute Gasteiger partial charge is 0.485 e. The zero-order valence-corrected chi connectivity index (χ0v) is 15.8. The number of hydrogen-bond donors (Lipinski definition) is 1. The highest BCUT2D eigenvalue weighted by Gasteiger charge is 2.33. The Morgan fingerprint density at radius 2 is 1.85 bits per heavy atom. The second kappa shape index (κ2) is 8.13. The minimum atomic E-state index is -0.0514. The molecule has 0 aliphatic carbocycles. The molecule has 1 fully saturated rings. The molecule has 2 aliphatic rings. The summed E-state index contributed by atoms with van der Waals surface area (Å²) in [6.45, 7) is 2.79. The molecule has 4 heteroatoms. The van der Waals surface area contributed by atoms with E-state index < -0.39 is 0 Å². The molecule has 4 nitrogen and oxygen atoms in total. The molecule has 0 aromatic heterocycles. The molecule has 2 unspecified atom stereocenters. The number of para-hydroxylation sites is 1. The van der Waals surface area contributed by atoms with Crippen LogP contribution >= 0.6 is 0 Å². The van der Waals surface area contributed by atoms with Crippen molar-refractivity contribution in [1.29, 1.82) is 0 Å². The first kappa shape index (κ1) is 18.1. The van der Waals surface area contributed by atoms with E-state index in [0.29, 0.717) is 6.61 Å².